The maximum absolute atomic E-state index is 11.3. The number of nitrogens with zero attached hydrogens (tertiary/aromatic N) is 2. The summed E-state index contributed by atoms with van der Waals surface area (Å²) in [7, 11) is 0. The second-order valence-corrected chi connectivity index (χ2v) is 3.76. The molecule has 1 atom stereocenters. The van der Waals surface area contributed by atoms with Crippen molar-refractivity contribution in [1.82, 2.24) is 10.1 Å². The molecule has 0 saturated carbocycles. The lowest BCUT2D eigenvalue weighted by atomic mass is 9.88. The van der Waals surface area contributed by atoms with Gasteiger partial charge in [-0.1, -0.05) is 6.92 Å². The molecule has 2 N–H and O–H groups in total. The highest BCUT2D eigenvalue weighted by Gasteiger charge is 2.31. The lowest BCUT2D eigenvalue weighted by Gasteiger charge is -2.20. The number of hydrogen-bond acceptors (Lipinski definition) is 6. The molecule has 0 saturated heterocycles. The van der Waals surface area contributed by atoms with Gasteiger partial charge in [0.25, 0.3) is 5.82 Å². The summed E-state index contributed by atoms with van der Waals surface area (Å²) in [5.74, 6) is -0.251. The molecule has 0 spiro atoms. The Morgan fingerprint density at radius 2 is 2.25 bits per heavy atom. The molecule has 1 unspecified atom stereocenters. The number of carbonyl (C=O) groups is 1. The average Bonchev–Trinajstić information content (AvgIpc) is 2.78. The van der Waals surface area contributed by atoms with Gasteiger partial charge in [-0.15, -0.1) is 0 Å². The quantitative estimate of drug-likeness (QED) is 0.750. The fourth-order valence-electron chi connectivity index (χ4n) is 1.13. The van der Waals surface area contributed by atoms with Crippen LogP contribution < -0.4 is 5.73 Å². The van der Waals surface area contributed by atoms with Crippen LogP contribution in [0.1, 0.15) is 43.7 Å². The van der Waals surface area contributed by atoms with Crippen molar-refractivity contribution in [2.45, 2.75) is 32.6 Å². The molecular formula is C10H17N3O3. The van der Waals surface area contributed by atoms with Crippen molar-refractivity contribution in [2.75, 3.05) is 13.2 Å². The molecule has 1 aromatic rings. The zero-order valence-electron chi connectivity index (χ0n) is 9.82. The number of nitrogens with two attached hydrogens (primary N) is 1. The molecule has 16 heavy (non-hydrogen) atoms. The van der Waals surface area contributed by atoms with E-state index in [1.165, 1.54) is 0 Å². The van der Waals surface area contributed by atoms with Gasteiger partial charge in [-0.05, 0) is 25.4 Å². The highest BCUT2D eigenvalue weighted by Crippen LogP contribution is 2.24. The van der Waals surface area contributed by atoms with Crippen molar-refractivity contribution in [2.24, 2.45) is 5.73 Å². The summed E-state index contributed by atoms with van der Waals surface area (Å²) in [5.41, 5.74) is 5.26. The highest BCUT2D eigenvalue weighted by molar-refractivity contribution is 5.84. The Morgan fingerprint density at radius 1 is 1.56 bits per heavy atom. The van der Waals surface area contributed by atoms with Crippen LogP contribution >= 0.6 is 0 Å². The van der Waals surface area contributed by atoms with E-state index >= 15 is 0 Å². The van der Waals surface area contributed by atoms with Gasteiger partial charge in [-0.2, -0.15) is 4.98 Å². The van der Waals surface area contributed by atoms with Gasteiger partial charge in [0.05, 0.1) is 12.0 Å². The molecule has 1 rings (SSSR count). The SMILES string of the molecule is CCOC(=O)c1noc(C(C)(CC)CN)n1. The Balaban J connectivity index is 2.90. The predicted molar refractivity (Wildman–Crippen MR) is 57.0 cm³/mol. The molecule has 0 aliphatic rings. The van der Waals surface area contributed by atoms with Gasteiger partial charge in [0.1, 0.15) is 0 Å². The molecule has 90 valence electrons. The third-order valence-electron chi connectivity index (χ3n) is 2.63. The van der Waals surface area contributed by atoms with Crippen LogP contribution in [0.4, 0.5) is 0 Å². The van der Waals surface area contributed by atoms with Crippen molar-refractivity contribution in [3.63, 3.8) is 0 Å². The summed E-state index contributed by atoms with van der Waals surface area (Å²) in [6.45, 7) is 6.27. The molecular weight excluding hydrogens is 210 g/mol. The van der Waals surface area contributed by atoms with E-state index in [2.05, 4.69) is 10.1 Å². The standard InChI is InChI=1S/C10H17N3O3/c1-4-10(3,6-11)9-12-7(13-16-9)8(14)15-5-2/h4-6,11H2,1-3H3. The van der Waals surface area contributed by atoms with Crippen molar-refractivity contribution in [3.8, 4) is 0 Å². The van der Waals surface area contributed by atoms with E-state index in [-0.39, 0.29) is 12.4 Å². The minimum Gasteiger partial charge on any atom is -0.460 e. The monoisotopic (exact) mass is 227 g/mol. The normalized spacial score (nSPS) is 14.5. The van der Waals surface area contributed by atoms with E-state index in [1.54, 1.807) is 6.92 Å². The third kappa shape index (κ3) is 2.38. The molecule has 1 aromatic heterocycles. The first-order valence-electron chi connectivity index (χ1n) is 5.28. The number of esters is 1. The van der Waals surface area contributed by atoms with Crippen molar-refractivity contribution >= 4 is 5.97 Å². The first-order chi connectivity index (χ1) is 7.57. The van der Waals surface area contributed by atoms with Gasteiger partial charge in [0.15, 0.2) is 0 Å². The van der Waals surface area contributed by atoms with Crippen molar-refractivity contribution in [1.29, 1.82) is 0 Å². The smallest absolute Gasteiger partial charge is 0.379 e. The molecule has 0 radical (unpaired) electrons. The number of ether oxygens (including phenoxy) is 1. The van der Waals surface area contributed by atoms with Gasteiger partial charge >= 0.3 is 5.97 Å². The molecule has 0 aliphatic carbocycles. The van der Waals surface area contributed by atoms with Gasteiger partial charge in [-0.25, -0.2) is 4.79 Å². The van der Waals surface area contributed by atoms with Crippen molar-refractivity contribution in [3.05, 3.63) is 11.7 Å². The van der Waals surface area contributed by atoms with Crippen LogP contribution in [-0.2, 0) is 10.2 Å². The van der Waals surface area contributed by atoms with E-state index in [0.717, 1.165) is 6.42 Å². The van der Waals surface area contributed by atoms with E-state index in [0.29, 0.717) is 12.4 Å². The predicted octanol–water partition coefficient (Wildman–Crippen LogP) is 0.873. The second-order valence-electron chi connectivity index (χ2n) is 3.76. The van der Waals surface area contributed by atoms with Crippen LogP contribution in [0, 0.1) is 0 Å². The zero-order chi connectivity index (χ0) is 12.2. The third-order valence-corrected chi connectivity index (χ3v) is 2.63. The van der Waals surface area contributed by atoms with Crippen LogP contribution in [0.15, 0.2) is 4.52 Å². The minimum atomic E-state index is -0.576. The van der Waals surface area contributed by atoms with E-state index < -0.39 is 11.4 Å². The number of carbonyl (C=O) groups excluding carboxylic acids is 1. The molecule has 0 fully saturated rings. The molecule has 0 amide bonds. The fourth-order valence-corrected chi connectivity index (χ4v) is 1.13. The molecule has 1 heterocycles. The average molecular weight is 227 g/mol. The topological polar surface area (TPSA) is 91.2 Å². The van der Waals surface area contributed by atoms with Crippen molar-refractivity contribution < 1.29 is 14.1 Å². The minimum absolute atomic E-state index is 0.0509. The van der Waals surface area contributed by atoms with Crippen LogP contribution in [0.2, 0.25) is 0 Å². The highest BCUT2D eigenvalue weighted by atomic mass is 16.5. The maximum Gasteiger partial charge on any atom is 0.379 e. The Labute approximate surface area is 94.2 Å². The lowest BCUT2D eigenvalue weighted by Crippen LogP contribution is -2.31. The fraction of sp³-hybridized carbons (Fsp3) is 0.700. The number of rotatable bonds is 5. The largest absolute Gasteiger partial charge is 0.460 e. The van der Waals surface area contributed by atoms with E-state index in [9.17, 15) is 4.79 Å². The van der Waals surface area contributed by atoms with Crippen LogP contribution in [0.5, 0.6) is 0 Å². The van der Waals surface area contributed by atoms with Gasteiger partial charge in [0, 0.05) is 6.54 Å². The van der Waals surface area contributed by atoms with Gasteiger partial charge in [-0.3, -0.25) is 0 Å². The summed E-state index contributed by atoms with van der Waals surface area (Å²) >= 11 is 0. The van der Waals surface area contributed by atoms with E-state index in [1.807, 2.05) is 13.8 Å². The maximum atomic E-state index is 11.3. The van der Waals surface area contributed by atoms with Gasteiger partial charge in [0.2, 0.25) is 5.89 Å². The summed E-state index contributed by atoms with van der Waals surface area (Å²) < 4.78 is 9.80. The zero-order valence-corrected chi connectivity index (χ0v) is 9.82. The molecule has 6 nitrogen and oxygen atoms in total. The summed E-state index contributed by atoms with van der Waals surface area (Å²) in [6, 6.07) is 0. The summed E-state index contributed by atoms with van der Waals surface area (Å²) in [5, 5.41) is 3.58. The van der Waals surface area contributed by atoms with Crippen LogP contribution in [-0.4, -0.2) is 29.3 Å². The van der Waals surface area contributed by atoms with Crippen LogP contribution in [0.25, 0.3) is 0 Å². The molecule has 0 aliphatic heterocycles. The lowest BCUT2D eigenvalue weighted by molar-refractivity contribution is 0.0508. The molecule has 6 heteroatoms. The molecule has 0 bridgehead atoms. The first-order valence-corrected chi connectivity index (χ1v) is 5.28. The second kappa shape index (κ2) is 5.07. The van der Waals surface area contributed by atoms with Gasteiger partial charge < -0.3 is 15.0 Å². The van der Waals surface area contributed by atoms with Crippen LogP contribution in [0.3, 0.4) is 0 Å². The summed E-state index contributed by atoms with van der Waals surface area (Å²) in [4.78, 5) is 15.3. The Bertz CT molecular complexity index is 358. The Kier molecular flexibility index (Phi) is 4.00. The molecule has 0 aromatic carbocycles. The first kappa shape index (κ1) is 12.6. The number of aromatic nitrogens is 2. The number of hydrogen-bond donors (Lipinski definition) is 1. The summed E-state index contributed by atoms with van der Waals surface area (Å²) in [6.07, 6.45) is 0.758. The Hall–Kier alpha value is -1.43. The Morgan fingerprint density at radius 3 is 2.75 bits per heavy atom. The van der Waals surface area contributed by atoms with E-state index in [4.69, 9.17) is 15.0 Å².